The van der Waals surface area contributed by atoms with E-state index >= 15 is 0 Å². The first kappa shape index (κ1) is 18.0. The van der Waals surface area contributed by atoms with E-state index in [2.05, 4.69) is 36.4 Å². The average molecular weight is 360 g/mol. The lowest BCUT2D eigenvalue weighted by molar-refractivity contribution is -0.131. The average Bonchev–Trinajstić information content (AvgIpc) is 2.67. The summed E-state index contributed by atoms with van der Waals surface area (Å²) in [6.45, 7) is 1.85. The van der Waals surface area contributed by atoms with Crippen LogP contribution in [0, 0.1) is 0 Å². The Kier molecular flexibility index (Phi) is 5.59. The van der Waals surface area contributed by atoms with Gasteiger partial charge in [-0.15, -0.1) is 11.8 Å². The van der Waals surface area contributed by atoms with Crippen LogP contribution in [0.2, 0.25) is 0 Å². The predicted octanol–water partition coefficient (Wildman–Crippen LogP) is 5.70. The number of carbonyl (C=O) groups is 1. The fourth-order valence-electron chi connectivity index (χ4n) is 3.14. The van der Waals surface area contributed by atoms with E-state index in [0.717, 1.165) is 21.6 Å². The van der Waals surface area contributed by atoms with E-state index in [1.165, 1.54) is 6.08 Å². The number of allylic oxidation sites excluding steroid dienone is 1. The molecule has 2 nitrogen and oxygen atoms in total. The molecule has 0 fully saturated rings. The third-order valence-electron chi connectivity index (χ3n) is 4.18. The summed E-state index contributed by atoms with van der Waals surface area (Å²) in [5.74, 6) is -0.932. The number of rotatable bonds is 6. The number of carboxylic acid groups (broad SMARTS) is 1. The standard InChI is InChI=1S/C23H20O2S/c1-18(17-22(24)25)26-23(19-11-5-2-6-12-19,20-13-7-3-8-14-20)21-15-9-4-10-16-21/h2-17H,1H3,(H,24,25)/b18-17+. The molecular formula is C23H20O2S. The van der Waals surface area contributed by atoms with Gasteiger partial charge in [-0.1, -0.05) is 91.0 Å². The molecule has 0 aliphatic carbocycles. The van der Waals surface area contributed by atoms with Crippen LogP contribution in [0.3, 0.4) is 0 Å². The summed E-state index contributed by atoms with van der Waals surface area (Å²) in [6, 6.07) is 30.7. The van der Waals surface area contributed by atoms with Gasteiger partial charge in [0.1, 0.15) is 0 Å². The molecule has 0 atom stereocenters. The van der Waals surface area contributed by atoms with Gasteiger partial charge in [0, 0.05) is 6.08 Å². The Bertz CT molecular complexity index is 791. The number of thioether (sulfide) groups is 1. The van der Waals surface area contributed by atoms with Crippen molar-refractivity contribution in [2.75, 3.05) is 0 Å². The Hall–Kier alpha value is -2.78. The van der Waals surface area contributed by atoms with Crippen molar-refractivity contribution in [3.8, 4) is 0 Å². The molecule has 0 radical (unpaired) electrons. The number of hydrogen-bond donors (Lipinski definition) is 1. The fourth-order valence-corrected chi connectivity index (χ4v) is 4.54. The normalized spacial score (nSPS) is 12.0. The van der Waals surface area contributed by atoms with E-state index < -0.39 is 10.7 Å². The first-order valence-electron chi connectivity index (χ1n) is 8.40. The second kappa shape index (κ2) is 8.07. The van der Waals surface area contributed by atoms with Crippen molar-refractivity contribution >= 4 is 17.7 Å². The fraction of sp³-hybridized carbons (Fsp3) is 0.0870. The van der Waals surface area contributed by atoms with Crippen LogP contribution in [0.25, 0.3) is 0 Å². The summed E-state index contributed by atoms with van der Waals surface area (Å²) in [5, 5.41) is 9.20. The third kappa shape index (κ3) is 3.73. The second-order valence-corrected chi connectivity index (χ2v) is 7.43. The predicted molar refractivity (Wildman–Crippen MR) is 108 cm³/mol. The van der Waals surface area contributed by atoms with Crippen LogP contribution in [0.1, 0.15) is 23.6 Å². The summed E-state index contributed by atoms with van der Waals surface area (Å²) in [6.07, 6.45) is 1.27. The Morgan fingerprint density at radius 1 is 0.769 bits per heavy atom. The molecule has 0 saturated carbocycles. The molecule has 0 aliphatic rings. The van der Waals surface area contributed by atoms with Gasteiger partial charge < -0.3 is 5.11 Å². The van der Waals surface area contributed by atoms with Gasteiger partial charge in [-0.2, -0.15) is 0 Å². The van der Waals surface area contributed by atoms with Crippen molar-refractivity contribution in [3.05, 3.63) is 119 Å². The largest absolute Gasteiger partial charge is 0.478 e. The molecule has 3 rings (SSSR count). The van der Waals surface area contributed by atoms with Crippen molar-refractivity contribution in [3.63, 3.8) is 0 Å². The molecule has 3 aromatic carbocycles. The molecule has 0 unspecified atom stereocenters. The molecule has 3 heteroatoms. The highest BCUT2D eigenvalue weighted by atomic mass is 32.2. The summed E-state index contributed by atoms with van der Waals surface area (Å²) in [7, 11) is 0. The Morgan fingerprint density at radius 2 is 1.12 bits per heavy atom. The highest BCUT2D eigenvalue weighted by Crippen LogP contribution is 2.51. The third-order valence-corrected chi connectivity index (χ3v) is 5.63. The van der Waals surface area contributed by atoms with E-state index in [1.807, 2.05) is 61.5 Å². The van der Waals surface area contributed by atoms with Gasteiger partial charge in [-0.05, 0) is 28.5 Å². The van der Waals surface area contributed by atoms with Crippen molar-refractivity contribution in [1.82, 2.24) is 0 Å². The Labute approximate surface area is 158 Å². The second-order valence-electron chi connectivity index (χ2n) is 5.97. The molecule has 0 heterocycles. The van der Waals surface area contributed by atoms with Crippen LogP contribution in [0.4, 0.5) is 0 Å². The minimum Gasteiger partial charge on any atom is -0.478 e. The molecule has 130 valence electrons. The first-order chi connectivity index (χ1) is 12.6. The van der Waals surface area contributed by atoms with Crippen LogP contribution in [0.15, 0.2) is 102 Å². The van der Waals surface area contributed by atoms with Gasteiger partial charge in [-0.25, -0.2) is 4.79 Å². The molecule has 0 saturated heterocycles. The highest BCUT2D eigenvalue weighted by molar-refractivity contribution is 8.04. The van der Waals surface area contributed by atoms with E-state index in [-0.39, 0.29) is 0 Å². The van der Waals surface area contributed by atoms with Gasteiger partial charge in [0.25, 0.3) is 0 Å². The van der Waals surface area contributed by atoms with Crippen LogP contribution < -0.4 is 0 Å². The molecule has 3 aromatic rings. The molecule has 0 aliphatic heterocycles. The number of carboxylic acids is 1. The van der Waals surface area contributed by atoms with Crippen LogP contribution in [-0.4, -0.2) is 11.1 Å². The maximum Gasteiger partial charge on any atom is 0.329 e. The lowest BCUT2D eigenvalue weighted by Gasteiger charge is -2.35. The SMILES string of the molecule is C/C(=C\C(=O)O)SC(c1ccccc1)(c1ccccc1)c1ccccc1. The summed E-state index contributed by atoms with van der Waals surface area (Å²) >= 11 is 1.56. The zero-order valence-corrected chi connectivity index (χ0v) is 15.3. The molecule has 0 amide bonds. The van der Waals surface area contributed by atoms with E-state index in [0.29, 0.717) is 0 Å². The van der Waals surface area contributed by atoms with Crippen molar-refractivity contribution in [1.29, 1.82) is 0 Å². The van der Waals surface area contributed by atoms with Gasteiger partial charge in [-0.3, -0.25) is 0 Å². The molecular weight excluding hydrogens is 340 g/mol. The molecule has 0 aromatic heterocycles. The van der Waals surface area contributed by atoms with Crippen molar-refractivity contribution in [2.45, 2.75) is 11.7 Å². The molecule has 0 bridgehead atoms. The smallest absolute Gasteiger partial charge is 0.329 e. The minimum absolute atomic E-state index is 0.528. The monoisotopic (exact) mass is 360 g/mol. The number of aliphatic carboxylic acids is 1. The van der Waals surface area contributed by atoms with Crippen LogP contribution in [-0.2, 0) is 9.54 Å². The number of hydrogen-bond acceptors (Lipinski definition) is 2. The van der Waals surface area contributed by atoms with Gasteiger partial charge in [0.2, 0.25) is 0 Å². The van der Waals surface area contributed by atoms with Gasteiger partial charge in [0.15, 0.2) is 0 Å². The van der Waals surface area contributed by atoms with E-state index in [4.69, 9.17) is 0 Å². The van der Waals surface area contributed by atoms with Crippen LogP contribution in [0.5, 0.6) is 0 Å². The lowest BCUT2D eigenvalue weighted by atomic mass is 9.84. The zero-order chi connectivity index (χ0) is 18.4. The molecule has 0 spiro atoms. The van der Waals surface area contributed by atoms with E-state index in [1.54, 1.807) is 11.8 Å². The summed E-state index contributed by atoms with van der Waals surface area (Å²) in [4.78, 5) is 12.0. The first-order valence-corrected chi connectivity index (χ1v) is 9.21. The molecule has 1 N–H and O–H groups in total. The van der Waals surface area contributed by atoms with Crippen LogP contribution >= 0.6 is 11.8 Å². The zero-order valence-electron chi connectivity index (χ0n) is 14.5. The highest BCUT2D eigenvalue weighted by Gasteiger charge is 2.37. The summed E-state index contributed by atoms with van der Waals surface area (Å²) in [5.41, 5.74) is 3.33. The Morgan fingerprint density at radius 3 is 1.42 bits per heavy atom. The van der Waals surface area contributed by atoms with Crippen molar-refractivity contribution in [2.24, 2.45) is 0 Å². The molecule has 26 heavy (non-hydrogen) atoms. The van der Waals surface area contributed by atoms with E-state index in [9.17, 15) is 9.90 Å². The topological polar surface area (TPSA) is 37.3 Å². The van der Waals surface area contributed by atoms with Gasteiger partial charge in [0.05, 0.1) is 4.75 Å². The maximum atomic E-state index is 11.2. The lowest BCUT2D eigenvalue weighted by Crippen LogP contribution is -2.25. The Balaban J connectivity index is 2.30. The van der Waals surface area contributed by atoms with Gasteiger partial charge >= 0.3 is 5.97 Å². The maximum absolute atomic E-state index is 11.2. The number of benzene rings is 3. The quantitative estimate of drug-likeness (QED) is 0.452. The minimum atomic E-state index is -0.932. The van der Waals surface area contributed by atoms with Crippen molar-refractivity contribution < 1.29 is 9.90 Å². The summed E-state index contributed by atoms with van der Waals surface area (Å²) < 4.78 is -0.528.